The monoisotopic (exact) mass is 276 g/mol. The zero-order chi connectivity index (χ0) is 12.4. The molecule has 0 atom stereocenters. The Hall–Kier alpha value is -1.46. The maximum Gasteiger partial charge on any atom is 0.194 e. The van der Waals surface area contributed by atoms with Crippen LogP contribution in [0.1, 0.15) is 0 Å². The molecule has 17 heavy (non-hydrogen) atoms. The number of ether oxygens (including phenoxy) is 1. The minimum Gasteiger partial charge on any atom is -0.451 e. The molecule has 0 amide bonds. The lowest BCUT2D eigenvalue weighted by Crippen LogP contribution is -1.93. The van der Waals surface area contributed by atoms with Gasteiger partial charge in [-0.2, -0.15) is 0 Å². The Morgan fingerprint density at radius 1 is 1.00 bits per heavy atom. The highest BCUT2D eigenvalue weighted by molar-refractivity contribution is 6.32. The van der Waals surface area contributed by atoms with Crippen molar-refractivity contribution in [3.8, 4) is 11.5 Å². The summed E-state index contributed by atoms with van der Waals surface area (Å²) >= 11 is 11.2. The van der Waals surface area contributed by atoms with Gasteiger partial charge in [0.25, 0.3) is 0 Å². The van der Waals surface area contributed by atoms with Crippen LogP contribution in [0.15, 0.2) is 24.3 Å². The molecule has 1 aromatic heterocycles. The average Bonchev–Trinajstić information content (AvgIpc) is 2.28. The van der Waals surface area contributed by atoms with E-state index in [1.807, 2.05) is 0 Å². The average molecular weight is 277 g/mol. The van der Waals surface area contributed by atoms with Gasteiger partial charge in [0.1, 0.15) is 5.82 Å². The topological polar surface area (TPSA) is 35.0 Å². The van der Waals surface area contributed by atoms with Crippen LogP contribution in [-0.4, -0.2) is 10.2 Å². The van der Waals surface area contributed by atoms with Crippen LogP contribution in [0.4, 0.5) is 8.78 Å². The highest BCUT2D eigenvalue weighted by Gasteiger charge is 2.11. The summed E-state index contributed by atoms with van der Waals surface area (Å²) in [6, 6.07) is 4.05. The zero-order valence-corrected chi connectivity index (χ0v) is 9.64. The van der Waals surface area contributed by atoms with Crippen LogP contribution in [0.2, 0.25) is 10.3 Å². The molecule has 0 radical (unpaired) electrons. The molecule has 2 aromatic rings. The van der Waals surface area contributed by atoms with E-state index in [2.05, 4.69) is 10.2 Å². The van der Waals surface area contributed by atoms with Crippen LogP contribution in [-0.2, 0) is 0 Å². The molecule has 0 saturated carbocycles. The summed E-state index contributed by atoms with van der Waals surface area (Å²) in [5, 5.41) is 6.86. The first-order valence-corrected chi connectivity index (χ1v) is 5.13. The van der Waals surface area contributed by atoms with Gasteiger partial charge in [-0.05, 0) is 12.1 Å². The Balaban J connectivity index is 2.37. The maximum absolute atomic E-state index is 13.3. The van der Waals surface area contributed by atoms with E-state index in [4.69, 9.17) is 27.9 Å². The van der Waals surface area contributed by atoms with Crippen LogP contribution >= 0.6 is 23.2 Å². The van der Waals surface area contributed by atoms with Gasteiger partial charge in [-0.1, -0.05) is 23.2 Å². The lowest BCUT2D eigenvalue weighted by molar-refractivity contribution is 0.434. The van der Waals surface area contributed by atoms with Crippen molar-refractivity contribution in [2.24, 2.45) is 0 Å². The lowest BCUT2D eigenvalue weighted by atomic mass is 10.3. The van der Waals surface area contributed by atoms with Crippen LogP contribution in [0.25, 0.3) is 0 Å². The Labute approximate surface area is 105 Å². The Morgan fingerprint density at radius 3 is 2.53 bits per heavy atom. The highest BCUT2D eigenvalue weighted by Crippen LogP contribution is 2.30. The van der Waals surface area contributed by atoms with Crippen molar-refractivity contribution in [2.75, 3.05) is 0 Å². The van der Waals surface area contributed by atoms with Crippen LogP contribution < -0.4 is 4.74 Å². The van der Waals surface area contributed by atoms with Crippen molar-refractivity contribution in [1.82, 2.24) is 10.2 Å². The molecule has 0 saturated heterocycles. The Kier molecular flexibility index (Phi) is 3.40. The predicted molar refractivity (Wildman–Crippen MR) is 58.5 cm³/mol. The number of nitrogens with zero attached hydrogens (tertiary/aromatic N) is 2. The molecule has 1 aromatic carbocycles. The quantitative estimate of drug-likeness (QED) is 0.836. The molecular formula is C10H4Cl2F2N2O. The van der Waals surface area contributed by atoms with Gasteiger partial charge in [-0.15, -0.1) is 10.2 Å². The standard InChI is InChI=1S/C10H4Cl2F2N2O/c11-9-4-8(10(12)16-15-9)17-7-3-5(13)1-2-6(7)14/h1-4H. The van der Waals surface area contributed by atoms with Crippen molar-refractivity contribution in [2.45, 2.75) is 0 Å². The van der Waals surface area contributed by atoms with E-state index in [-0.39, 0.29) is 21.8 Å². The molecular weight excluding hydrogens is 273 g/mol. The van der Waals surface area contributed by atoms with E-state index < -0.39 is 11.6 Å². The Bertz CT molecular complexity index is 516. The number of halogens is 4. The number of hydrogen-bond acceptors (Lipinski definition) is 3. The van der Waals surface area contributed by atoms with Gasteiger partial charge in [-0.25, -0.2) is 8.78 Å². The third-order valence-electron chi connectivity index (χ3n) is 1.80. The molecule has 0 bridgehead atoms. The third kappa shape index (κ3) is 2.81. The fourth-order valence-electron chi connectivity index (χ4n) is 1.08. The fourth-order valence-corrected chi connectivity index (χ4v) is 1.35. The van der Waals surface area contributed by atoms with Crippen LogP contribution in [0.3, 0.4) is 0 Å². The second-order valence-electron chi connectivity index (χ2n) is 3.00. The van der Waals surface area contributed by atoms with Crippen molar-refractivity contribution in [3.63, 3.8) is 0 Å². The van der Waals surface area contributed by atoms with Gasteiger partial charge in [0, 0.05) is 12.1 Å². The second kappa shape index (κ2) is 4.81. The molecule has 2 rings (SSSR count). The predicted octanol–water partition coefficient (Wildman–Crippen LogP) is 3.85. The molecule has 88 valence electrons. The third-order valence-corrected chi connectivity index (χ3v) is 2.25. The molecule has 0 aliphatic carbocycles. The van der Waals surface area contributed by atoms with Gasteiger partial charge >= 0.3 is 0 Å². The smallest absolute Gasteiger partial charge is 0.194 e. The number of rotatable bonds is 2. The molecule has 0 spiro atoms. The van der Waals surface area contributed by atoms with E-state index >= 15 is 0 Å². The first kappa shape index (κ1) is 12.0. The van der Waals surface area contributed by atoms with E-state index in [9.17, 15) is 8.78 Å². The molecule has 0 unspecified atom stereocenters. The lowest BCUT2D eigenvalue weighted by Gasteiger charge is -2.07. The Morgan fingerprint density at radius 2 is 1.76 bits per heavy atom. The zero-order valence-electron chi connectivity index (χ0n) is 8.12. The van der Waals surface area contributed by atoms with Gasteiger partial charge in [0.05, 0.1) is 0 Å². The summed E-state index contributed by atoms with van der Waals surface area (Å²) in [4.78, 5) is 0. The van der Waals surface area contributed by atoms with Gasteiger partial charge in [0.2, 0.25) is 0 Å². The molecule has 3 nitrogen and oxygen atoms in total. The molecule has 0 aliphatic rings. The fraction of sp³-hybridized carbons (Fsp3) is 0. The largest absolute Gasteiger partial charge is 0.451 e. The summed E-state index contributed by atoms with van der Waals surface area (Å²) in [5.74, 6) is -1.67. The van der Waals surface area contributed by atoms with Gasteiger partial charge in [0.15, 0.2) is 27.6 Å². The number of benzene rings is 1. The second-order valence-corrected chi connectivity index (χ2v) is 3.74. The van der Waals surface area contributed by atoms with E-state index in [1.54, 1.807) is 0 Å². The minimum absolute atomic E-state index is 0.00355. The normalized spacial score (nSPS) is 10.4. The first-order chi connectivity index (χ1) is 8.06. The van der Waals surface area contributed by atoms with E-state index in [0.717, 1.165) is 18.2 Å². The van der Waals surface area contributed by atoms with Crippen molar-refractivity contribution >= 4 is 23.2 Å². The van der Waals surface area contributed by atoms with Crippen molar-refractivity contribution in [3.05, 3.63) is 46.2 Å². The summed E-state index contributed by atoms with van der Waals surface area (Å²) in [5.41, 5.74) is 0. The highest BCUT2D eigenvalue weighted by atomic mass is 35.5. The SMILES string of the molecule is Fc1ccc(F)c(Oc2cc(Cl)nnc2Cl)c1. The molecule has 0 aliphatic heterocycles. The number of aromatic nitrogens is 2. The molecule has 0 N–H and O–H groups in total. The van der Waals surface area contributed by atoms with Crippen LogP contribution in [0, 0.1) is 11.6 Å². The first-order valence-electron chi connectivity index (χ1n) is 4.38. The summed E-state index contributed by atoms with van der Waals surface area (Å²) < 4.78 is 31.2. The minimum atomic E-state index is -0.726. The van der Waals surface area contributed by atoms with Crippen LogP contribution in [0.5, 0.6) is 11.5 Å². The molecule has 0 fully saturated rings. The molecule has 1 heterocycles. The summed E-state index contributed by atoms with van der Waals surface area (Å²) in [6.07, 6.45) is 0. The van der Waals surface area contributed by atoms with E-state index in [1.165, 1.54) is 6.07 Å². The van der Waals surface area contributed by atoms with Crippen molar-refractivity contribution in [1.29, 1.82) is 0 Å². The van der Waals surface area contributed by atoms with E-state index in [0.29, 0.717) is 0 Å². The van der Waals surface area contributed by atoms with Crippen molar-refractivity contribution < 1.29 is 13.5 Å². The summed E-state index contributed by atoms with van der Waals surface area (Å²) in [7, 11) is 0. The number of hydrogen-bond donors (Lipinski definition) is 0. The van der Waals surface area contributed by atoms with Gasteiger partial charge in [-0.3, -0.25) is 0 Å². The maximum atomic E-state index is 13.3. The summed E-state index contributed by atoms with van der Waals surface area (Å²) in [6.45, 7) is 0. The molecule has 7 heteroatoms. The van der Waals surface area contributed by atoms with Gasteiger partial charge < -0.3 is 4.74 Å².